The lowest BCUT2D eigenvalue weighted by molar-refractivity contribution is 0.340. The van der Waals surface area contributed by atoms with Crippen LogP contribution in [0.15, 0.2) is 18.4 Å². The van der Waals surface area contributed by atoms with Gasteiger partial charge in [0.2, 0.25) is 5.70 Å². The number of methoxy groups -OCH3 is 1. The topological polar surface area (TPSA) is 13.6 Å². The Kier molecular flexibility index (Phi) is 4.28. The van der Waals surface area contributed by atoms with E-state index >= 15 is 0 Å². The Hall–Kier alpha value is -0.880. The van der Waals surface area contributed by atoms with Gasteiger partial charge in [0, 0.05) is 10.6 Å². The lowest BCUT2D eigenvalue weighted by Crippen LogP contribution is -1.84. The van der Waals surface area contributed by atoms with Crippen LogP contribution < -0.4 is 0 Å². The van der Waals surface area contributed by atoms with Gasteiger partial charge in [-0.1, -0.05) is 34.8 Å². The van der Waals surface area contributed by atoms with Crippen LogP contribution in [0.5, 0.6) is 0 Å². The second-order valence-electron chi connectivity index (χ2n) is 2.60. The first-order chi connectivity index (χ1) is 7.10. The zero-order chi connectivity index (χ0) is 11.4. The van der Waals surface area contributed by atoms with Gasteiger partial charge in [-0.2, -0.15) is 0 Å². The Morgan fingerprint density at radius 2 is 2.07 bits per heavy atom. The first-order valence-electron chi connectivity index (χ1n) is 3.85. The van der Waals surface area contributed by atoms with Crippen LogP contribution in [0, 0.1) is 6.57 Å². The molecule has 0 heterocycles. The summed E-state index contributed by atoms with van der Waals surface area (Å²) in [4.78, 5) is 3.28. The van der Waals surface area contributed by atoms with Gasteiger partial charge in [-0.3, -0.25) is 0 Å². The van der Waals surface area contributed by atoms with E-state index in [0.29, 0.717) is 20.6 Å². The Morgan fingerprint density at radius 3 is 2.60 bits per heavy atom. The Balaban J connectivity index is 3.37. The molecule has 0 atom stereocenters. The van der Waals surface area contributed by atoms with Crippen molar-refractivity contribution in [3.05, 3.63) is 50.4 Å². The van der Waals surface area contributed by atoms with Crippen LogP contribution in [-0.2, 0) is 4.74 Å². The highest BCUT2D eigenvalue weighted by Gasteiger charge is 2.11. The predicted octanol–water partition coefficient (Wildman–Crippen LogP) is 4.51. The molecule has 1 rings (SSSR count). The van der Waals surface area contributed by atoms with E-state index in [2.05, 4.69) is 4.85 Å². The lowest BCUT2D eigenvalue weighted by Gasteiger charge is -2.05. The van der Waals surface area contributed by atoms with Crippen LogP contribution in [0.4, 0.5) is 0 Å². The van der Waals surface area contributed by atoms with E-state index in [9.17, 15) is 0 Å². The van der Waals surface area contributed by atoms with Gasteiger partial charge in [0.1, 0.15) is 0 Å². The summed E-state index contributed by atoms with van der Waals surface area (Å²) in [6.07, 6.45) is 1.29. The monoisotopic (exact) mass is 261 g/mol. The standard InChI is InChI=1S/C10H6Cl3NO/c1-14-9(5-15-2)7-3-6(11)4-8(12)10(7)13/h3-5H,2H3. The molecule has 1 aromatic carbocycles. The van der Waals surface area contributed by atoms with Crippen molar-refractivity contribution in [1.29, 1.82) is 0 Å². The Labute approximate surface area is 103 Å². The summed E-state index contributed by atoms with van der Waals surface area (Å²) < 4.78 is 4.76. The van der Waals surface area contributed by atoms with E-state index in [1.807, 2.05) is 0 Å². The molecule has 2 nitrogen and oxygen atoms in total. The lowest BCUT2D eigenvalue weighted by atomic mass is 10.2. The summed E-state index contributed by atoms with van der Waals surface area (Å²) >= 11 is 17.6. The van der Waals surface area contributed by atoms with Gasteiger partial charge in [-0.25, -0.2) is 4.85 Å². The average Bonchev–Trinajstić information content (AvgIpc) is 2.20. The molecule has 0 aliphatic rings. The van der Waals surface area contributed by atoms with Crippen LogP contribution in [0.25, 0.3) is 10.5 Å². The van der Waals surface area contributed by atoms with Crippen molar-refractivity contribution in [3.63, 3.8) is 0 Å². The maximum absolute atomic E-state index is 6.97. The fourth-order valence-electron chi connectivity index (χ4n) is 1.00. The number of ether oxygens (including phenoxy) is 1. The van der Waals surface area contributed by atoms with Gasteiger partial charge in [-0.05, 0) is 12.1 Å². The Morgan fingerprint density at radius 1 is 1.40 bits per heavy atom. The molecule has 0 aliphatic heterocycles. The Bertz CT molecular complexity index is 449. The minimum atomic E-state index is 0.256. The van der Waals surface area contributed by atoms with Crippen LogP contribution in [0.1, 0.15) is 5.56 Å². The van der Waals surface area contributed by atoms with Crippen LogP contribution in [-0.4, -0.2) is 7.11 Å². The molecule has 0 unspecified atom stereocenters. The summed E-state index contributed by atoms with van der Waals surface area (Å²) in [6, 6.07) is 3.09. The van der Waals surface area contributed by atoms with E-state index in [1.54, 1.807) is 6.07 Å². The molecular formula is C10H6Cl3NO. The highest BCUT2D eigenvalue weighted by molar-refractivity contribution is 6.44. The molecule has 0 aromatic heterocycles. The fourth-order valence-corrected chi connectivity index (χ4v) is 1.70. The quantitative estimate of drug-likeness (QED) is 0.434. The largest absolute Gasteiger partial charge is 0.515 e. The highest BCUT2D eigenvalue weighted by Crippen LogP contribution is 2.34. The van der Waals surface area contributed by atoms with E-state index in [0.717, 1.165) is 0 Å². The molecule has 0 saturated carbocycles. The summed E-state index contributed by atoms with van der Waals surface area (Å²) in [5.41, 5.74) is 0.720. The zero-order valence-electron chi connectivity index (χ0n) is 7.72. The number of benzene rings is 1. The van der Waals surface area contributed by atoms with Crippen LogP contribution >= 0.6 is 34.8 Å². The van der Waals surface area contributed by atoms with E-state index in [4.69, 9.17) is 46.1 Å². The normalized spacial score (nSPS) is 11.0. The van der Waals surface area contributed by atoms with Crippen molar-refractivity contribution < 1.29 is 4.74 Å². The first kappa shape index (κ1) is 12.2. The van der Waals surface area contributed by atoms with Gasteiger partial charge >= 0.3 is 0 Å². The van der Waals surface area contributed by atoms with Gasteiger partial charge in [0.05, 0.1) is 30.0 Å². The average molecular weight is 263 g/mol. The molecule has 0 aliphatic carbocycles. The number of hydrogen-bond acceptors (Lipinski definition) is 1. The molecule has 15 heavy (non-hydrogen) atoms. The molecule has 0 N–H and O–H groups in total. The maximum atomic E-state index is 6.97. The molecule has 0 fully saturated rings. The molecule has 0 saturated heterocycles. The molecule has 0 spiro atoms. The first-order valence-corrected chi connectivity index (χ1v) is 4.99. The molecule has 0 amide bonds. The molecule has 5 heteroatoms. The van der Waals surface area contributed by atoms with E-state index < -0.39 is 0 Å². The van der Waals surface area contributed by atoms with Gasteiger partial charge < -0.3 is 4.74 Å². The third-order valence-electron chi connectivity index (χ3n) is 1.62. The van der Waals surface area contributed by atoms with Crippen molar-refractivity contribution in [2.24, 2.45) is 0 Å². The second kappa shape index (κ2) is 5.27. The fraction of sp³-hybridized carbons (Fsp3) is 0.100. The van der Waals surface area contributed by atoms with Crippen molar-refractivity contribution in [2.45, 2.75) is 0 Å². The van der Waals surface area contributed by atoms with E-state index in [-0.39, 0.29) is 5.70 Å². The minimum Gasteiger partial charge on any atom is -0.515 e. The molecule has 0 bridgehead atoms. The number of hydrogen-bond donors (Lipinski definition) is 0. The van der Waals surface area contributed by atoms with Gasteiger partial charge in [0.15, 0.2) is 0 Å². The number of rotatable bonds is 2. The maximum Gasteiger partial charge on any atom is 0.229 e. The third-order valence-corrected chi connectivity index (χ3v) is 2.64. The summed E-state index contributed by atoms with van der Waals surface area (Å²) in [5.74, 6) is 0. The second-order valence-corrected chi connectivity index (χ2v) is 3.82. The zero-order valence-corrected chi connectivity index (χ0v) is 9.99. The SMILES string of the molecule is [C-]#[N+]C(=COC)c1cc(Cl)cc(Cl)c1Cl. The van der Waals surface area contributed by atoms with Crippen molar-refractivity contribution >= 4 is 40.5 Å². The number of halogens is 3. The van der Waals surface area contributed by atoms with E-state index in [1.165, 1.54) is 19.4 Å². The highest BCUT2D eigenvalue weighted by atomic mass is 35.5. The minimum absolute atomic E-state index is 0.256. The van der Waals surface area contributed by atoms with Gasteiger partial charge in [0.25, 0.3) is 0 Å². The van der Waals surface area contributed by atoms with Crippen molar-refractivity contribution in [2.75, 3.05) is 7.11 Å². The van der Waals surface area contributed by atoms with Crippen molar-refractivity contribution in [3.8, 4) is 0 Å². The van der Waals surface area contributed by atoms with Crippen molar-refractivity contribution in [1.82, 2.24) is 0 Å². The predicted molar refractivity (Wildman–Crippen MR) is 63.1 cm³/mol. The smallest absolute Gasteiger partial charge is 0.229 e. The molecule has 0 radical (unpaired) electrons. The number of nitrogens with zero attached hydrogens (tertiary/aromatic N) is 1. The molecule has 78 valence electrons. The van der Waals surface area contributed by atoms with Gasteiger partial charge in [-0.15, -0.1) is 0 Å². The summed E-state index contributed by atoms with van der Waals surface area (Å²) in [5, 5.41) is 1.02. The summed E-state index contributed by atoms with van der Waals surface area (Å²) in [6.45, 7) is 6.97. The summed E-state index contributed by atoms with van der Waals surface area (Å²) in [7, 11) is 1.45. The van der Waals surface area contributed by atoms with Crippen LogP contribution in [0.2, 0.25) is 15.1 Å². The third kappa shape index (κ3) is 2.79. The van der Waals surface area contributed by atoms with Crippen LogP contribution in [0.3, 0.4) is 0 Å². The molecular weight excluding hydrogens is 256 g/mol. The molecule has 1 aromatic rings.